The summed E-state index contributed by atoms with van der Waals surface area (Å²) in [4.78, 5) is 2.21. The molecular formula is C12H23N3O2. The topological polar surface area (TPSA) is 50.5 Å². The van der Waals surface area contributed by atoms with Gasteiger partial charge in [0.05, 0.1) is 5.69 Å². The van der Waals surface area contributed by atoms with E-state index in [2.05, 4.69) is 36.3 Å². The fraction of sp³-hybridized carbons (Fsp3) is 0.750. The first-order valence-electron chi connectivity index (χ1n) is 5.97. The molecule has 17 heavy (non-hydrogen) atoms. The smallest absolute Gasteiger partial charge is 0.162 e. The Balaban J connectivity index is 2.26. The van der Waals surface area contributed by atoms with Crippen molar-refractivity contribution in [3.05, 3.63) is 17.5 Å². The van der Waals surface area contributed by atoms with E-state index < -0.39 is 0 Å². The second-order valence-electron chi connectivity index (χ2n) is 4.56. The van der Waals surface area contributed by atoms with Crippen molar-refractivity contribution < 1.29 is 9.26 Å². The van der Waals surface area contributed by atoms with Gasteiger partial charge in [-0.25, -0.2) is 0 Å². The molecule has 0 fully saturated rings. The summed E-state index contributed by atoms with van der Waals surface area (Å²) in [6.07, 6.45) is 0. The van der Waals surface area contributed by atoms with Gasteiger partial charge in [-0.15, -0.1) is 0 Å². The van der Waals surface area contributed by atoms with E-state index in [9.17, 15) is 0 Å². The molecule has 1 aromatic heterocycles. The zero-order chi connectivity index (χ0) is 12.7. The predicted octanol–water partition coefficient (Wildman–Crippen LogP) is 1.25. The van der Waals surface area contributed by atoms with E-state index in [1.807, 2.05) is 6.07 Å². The van der Waals surface area contributed by atoms with Gasteiger partial charge < -0.3 is 14.6 Å². The number of ether oxygens (including phenoxy) is 1. The van der Waals surface area contributed by atoms with Gasteiger partial charge in [-0.2, -0.15) is 0 Å². The van der Waals surface area contributed by atoms with Crippen LogP contribution in [0.25, 0.3) is 0 Å². The summed E-state index contributed by atoms with van der Waals surface area (Å²) < 4.78 is 10.1. The van der Waals surface area contributed by atoms with Crippen molar-refractivity contribution in [2.75, 3.05) is 27.2 Å². The second-order valence-corrected chi connectivity index (χ2v) is 4.56. The van der Waals surface area contributed by atoms with Crippen LogP contribution in [-0.2, 0) is 17.9 Å². The van der Waals surface area contributed by atoms with Crippen molar-refractivity contribution >= 4 is 0 Å². The third kappa shape index (κ3) is 5.81. The summed E-state index contributed by atoms with van der Waals surface area (Å²) in [5, 5.41) is 7.38. The SMILES string of the molecule is COCc1cc(CN(C)CCNC(C)C)no1. The largest absolute Gasteiger partial charge is 0.377 e. The van der Waals surface area contributed by atoms with Crippen LogP contribution >= 0.6 is 0 Å². The van der Waals surface area contributed by atoms with Crippen LogP contribution < -0.4 is 5.32 Å². The lowest BCUT2D eigenvalue weighted by atomic mass is 10.3. The molecule has 5 heteroatoms. The average Bonchev–Trinajstić information content (AvgIpc) is 2.65. The Morgan fingerprint density at radius 1 is 1.53 bits per heavy atom. The number of aromatic nitrogens is 1. The molecule has 0 aromatic carbocycles. The van der Waals surface area contributed by atoms with Gasteiger partial charge in [-0.3, -0.25) is 4.90 Å². The second kappa shape index (κ2) is 7.42. The molecule has 0 amide bonds. The van der Waals surface area contributed by atoms with Gasteiger partial charge >= 0.3 is 0 Å². The van der Waals surface area contributed by atoms with E-state index >= 15 is 0 Å². The first-order chi connectivity index (χ1) is 8.11. The maximum absolute atomic E-state index is 5.13. The van der Waals surface area contributed by atoms with Crippen molar-refractivity contribution in [1.29, 1.82) is 0 Å². The van der Waals surface area contributed by atoms with Crippen LogP contribution in [0, 0.1) is 0 Å². The van der Waals surface area contributed by atoms with Crippen molar-refractivity contribution in [2.45, 2.75) is 33.0 Å². The highest BCUT2D eigenvalue weighted by Crippen LogP contribution is 2.06. The minimum Gasteiger partial charge on any atom is -0.377 e. The van der Waals surface area contributed by atoms with Gasteiger partial charge in [0.2, 0.25) is 0 Å². The molecule has 1 aromatic rings. The maximum atomic E-state index is 5.13. The summed E-state index contributed by atoms with van der Waals surface area (Å²) in [5.74, 6) is 0.774. The lowest BCUT2D eigenvalue weighted by Gasteiger charge is -2.16. The third-order valence-electron chi connectivity index (χ3n) is 2.37. The summed E-state index contributed by atoms with van der Waals surface area (Å²) in [6, 6.07) is 2.47. The quantitative estimate of drug-likeness (QED) is 0.742. The number of likely N-dealkylation sites (N-methyl/N-ethyl adjacent to an activating group) is 1. The molecule has 0 radical (unpaired) electrons. The molecular weight excluding hydrogens is 218 g/mol. The molecule has 0 aliphatic carbocycles. The first kappa shape index (κ1) is 14.2. The van der Waals surface area contributed by atoms with Gasteiger partial charge in [0, 0.05) is 38.9 Å². The van der Waals surface area contributed by atoms with Crippen LogP contribution in [0.5, 0.6) is 0 Å². The Labute approximate surface area is 103 Å². The Morgan fingerprint density at radius 2 is 2.29 bits per heavy atom. The third-order valence-corrected chi connectivity index (χ3v) is 2.37. The average molecular weight is 241 g/mol. The normalized spacial score (nSPS) is 11.6. The van der Waals surface area contributed by atoms with Gasteiger partial charge in [0.1, 0.15) is 6.61 Å². The van der Waals surface area contributed by atoms with Crippen LogP contribution in [0.3, 0.4) is 0 Å². The maximum Gasteiger partial charge on any atom is 0.162 e. The predicted molar refractivity (Wildman–Crippen MR) is 66.7 cm³/mol. The zero-order valence-electron chi connectivity index (χ0n) is 11.2. The summed E-state index contributed by atoms with van der Waals surface area (Å²) >= 11 is 0. The van der Waals surface area contributed by atoms with Gasteiger partial charge in [0.15, 0.2) is 5.76 Å². The van der Waals surface area contributed by atoms with E-state index in [1.165, 1.54) is 0 Å². The van der Waals surface area contributed by atoms with Crippen LogP contribution in [0.15, 0.2) is 10.6 Å². The molecule has 5 nitrogen and oxygen atoms in total. The van der Waals surface area contributed by atoms with E-state index in [0.29, 0.717) is 12.6 Å². The van der Waals surface area contributed by atoms with E-state index in [1.54, 1.807) is 7.11 Å². The highest BCUT2D eigenvalue weighted by Gasteiger charge is 2.06. The van der Waals surface area contributed by atoms with Crippen LogP contribution in [0.4, 0.5) is 0 Å². The van der Waals surface area contributed by atoms with Crippen LogP contribution in [0.2, 0.25) is 0 Å². The minimum absolute atomic E-state index is 0.478. The fourth-order valence-corrected chi connectivity index (χ4v) is 1.54. The highest BCUT2D eigenvalue weighted by atomic mass is 16.5. The number of rotatable bonds is 8. The molecule has 0 saturated heterocycles. The number of hydrogen-bond donors (Lipinski definition) is 1. The number of hydrogen-bond acceptors (Lipinski definition) is 5. The van der Waals surface area contributed by atoms with E-state index in [-0.39, 0.29) is 0 Å². The van der Waals surface area contributed by atoms with Crippen molar-refractivity contribution in [1.82, 2.24) is 15.4 Å². The van der Waals surface area contributed by atoms with Crippen molar-refractivity contribution in [3.63, 3.8) is 0 Å². The van der Waals surface area contributed by atoms with Crippen LogP contribution in [-0.4, -0.2) is 43.3 Å². The lowest BCUT2D eigenvalue weighted by Crippen LogP contribution is -2.32. The number of nitrogens with one attached hydrogen (secondary N) is 1. The molecule has 0 spiro atoms. The van der Waals surface area contributed by atoms with Gasteiger partial charge in [-0.1, -0.05) is 19.0 Å². The molecule has 0 aliphatic rings. The molecule has 0 atom stereocenters. The van der Waals surface area contributed by atoms with E-state index in [0.717, 1.165) is 31.1 Å². The molecule has 1 heterocycles. The van der Waals surface area contributed by atoms with E-state index in [4.69, 9.17) is 9.26 Å². The molecule has 1 N–H and O–H groups in total. The molecule has 1 rings (SSSR count). The summed E-state index contributed by atoms with van der Waals surface area (Å²) in [6.45, 7) is 7.55. The summed E-state index contributed by atoms with van der Waals surface area (Å²) in [7, 11) is 3.72. The molecule has 0 unspecified atom stereocenters. The van der Waals surface area contributed by atoms with Gasteiger partial charge in [0.25, 0.3) is 0 Å². The number of methoxy groups -OCH3 is 1. The zero-order valence-corrected chi connectivity index (χ0v) is 11.2. The Bertz CT molecular complexity index is 312. The first-order valence-corrected chi connectivity index (χ1v) is 5.97. The lowest BCUT2D eigenvalue weighted by molar-refractivity contribution is 0.155. The Hall–Kier alpha value is -0.910. The van der Waals surface area contributed by atoms with Crippen molar-refractivity contribution in [3.8, 4) is 0 Å². The summed E-state index contributed by atoms with van der Waals surface area (Å²) in [5.41, 5.74) is 0.948. The Morgan fingerprint density at radius 3 is 2.94 bits per heavy atom. The fourth-order valence-electron chi connectivity index (χ4n) is 1.54. The Kier molecular flexibility index (Phi) is 6.18. The molecule has 0 aliphatic heterocycles. The highest BCUT2D eigenvalue weighted by molar-refractivity contribution is 5.04. The van der Waals surface area contributed by atoms with Crippen molar-refractivity contribution in [2.24, 2.45) is 0 Å². The number of nitrogens with zero attached hydrogens (tertiary/aromatic N) is 2. The monoisotopic (exact) mass is 241 g/mol. The van der Waals surface area contributed by atoms with Crippen LogP contribution in [0.1, 0.15) is 25.3 Å². The standard InChI is InChI=1S/C12H23N3O2/c1-10(2)13-5-6-15(3)8-11-7-12(9-16-4)17-14-11/h7,10,13H,5-6,8-9H2,1-4H3. The molecule has 98 valence electrons. The van der Waals surface area contributed by atoms with Gasteiger partial charge in [-0.05, 0) is 7.05 Å². The minimum atomic E-state index is 0.478. The molecule has 0 bridgehead atoms. The molecule has 0 saturated carbocycles.